The van der Waals surface area contributed by atoms with E-state index in [2.05, 4.69) is 0 Å². The van der Waals surface area contributed by atoms with Gasteiger partial charge in [0.05, 0.1) is 12.2 Å². The van der Waals surface area contributed by atoms with Crippen molar-refractivity contribution in [2.24, 2.45) is 0 Å². The lowest BCUT2D eigenvalue weighted by Crippen LogP contribution is -2.40. The first kappa shape index (κ1) is 10.1. The lowest BCUT2D eigenvalue weighted by Gasteiger charge is -2.27. The first-order valence-electron chi connectivity index (χ1n) is 4.65. The summed E-state index contributed by atoms with van der Waals surface area (Å²) in [5.74, 6) is 0.109. The lowest BCUT2D eigenvalue weighted by molar-refractivity contribution is -0.539. The average molecular weight is 213 g/mol. The Hall–Kier alpha value is -1.40. The van der Waals surface area contributed by atoms with Crippen molar-refractivity contribution in [1.82, 2.24) is 0 Å². The van der Waals surface area contributed by atoms with E-state index in [1.807, 2.05) is 0 Å². The molecule has 82 valence electrons. The van der Waals surface area contributed by atoms with E-state index in [0.717, 1.165) is 0 Å². The number of hydrogen-bond donors (Lipinski definition) is 1. The van der Waals surface area contributed by atoms with Crippen molar-refractivity contribution < 1.29 is 19.2 Å². The molecule has 1 N–H and O–H groups in total. The monoisotopic (exact) mass is 213 g/mol. The van der Waals surface area contributed by atoms with Crippen LogP contribution in [-0.2, 0) is 4.74 Å². The number of furan rings is 1. The molecule has 3 atom stereocenters. The zero-order valence-electron chi connectivity index (χ0n) is 7.91. The molecule has 2 heterocycles. The minimum atomic E-state index is -0.948. The van der Waals surface area contributed by atoms with Gasteiger partial charge in [0.15, 0.2) is 6.29 Å². The predicted molar refractivity (Wildman–Crippen MR) is 48.8 cm³/mol. The molecular formula is C9H11NO5. The van der Waals surface area contributed by atoms with Crippen LogP contribution in [0.15, 0.2) is 22.8 Å². The number of hydrogen-bond acceptors (Lipinski definition) is 5. The van der Waals surface area contributed by atoms with Gasteiger partial charge in [-0.05, 0) is 12.1 Å². The summed E-state index contributed by atoms with van der Waals surface area (Å²) in [5, 5.41) is 20.1. The van der Waals surface area contributed by atoms with Crippen molar-refractivity contribution in [2.75, 3.05) is 6.61 Å². The van der Waals surface area contributed by atoms with Gasteiger partial charge in [0.2, 0.25) is 6.04 Å². The highest BCUT2D eigenvalue weighted by molar-refractivity contribution is 5.08. The van der Waals surface area contributed by atoms with Gasteiger partial charge in [0.1, 0.15) is 12.4 Å². The molecule has 0 saturated carbocycles. The van der Waals surface area contributed by atoms with Crippen LogP contribution in [0.1, 0.15) is 18.1 Å². The molecule has 2 rings (SSSR count). The van der Waals surface area contributed by atoms with Crippen LogP contribution in [0.4, 0.5) is 0 Å². The fourth-order valence-corrected chi connectivity index (χ4v) is 1.78. The Morgan fingerprint density at radius 1 is 1.60 bits per heavy atom. The third-order valence-corrected chi connectivity index (χ3v) is 2.56. The molecule has 6 heteroatoms. The van der Waals surface area contributed by atoms with Gasteiger partial charge in [0, 0.05) is 11.3 Å². The zero-order chi connectivity index (χ0) is 10.8. The number of rotatable bonds is 2. The smallest absolute Gasteiger partial charge is 0.246 e. The van der Waals surface area contributed by atoms with Crippen LogP contribution < -0.4 is 0 Å². The van der Waals surface area contributed by atoms with Crippen LogP contribution in [0, 0.1) is 10.1 Å². The first-order valence-corrected chi connectivity index (χ1v) is 4.65. The Balaban J connectivity index is 2.20. The third kappa shape index (κ3) is 2.00. The number of ether oxygens (including phenoxy) is 1. The van der Waals surface area contributed by atoms with Gasteiger partial charge in [-0.15, -0.1) is 0 Å². The van der Waals surface area contributed by atoms with Gasteiger partial charge in [-0.2, -0.15) is 0 Å². The SMILES string of the molecule is O=[N+]([O-])[C@@H]1CO[C@@H](O)C[C@H]1c1ccco1. The molecule has 0 radical (unpaired) electrons. The highest BCUT2D eigenvalue weighted by atomic mass is 16.6. The van der Waals surface area contributed by atoms with Gasteiger partial charge in [-0.3, -0.25) is 10.1 Å². The maximum atomic E-state index is 10.8. The molecule has 1 aliphatic rings. The van der Waals surface area contributed by atoms with Crippen molar-refractivity contribution >= 4 is 0 Å². The summed E-state index contributed by atoms with van der Waals surface area (Å²) in [5.41, 5.74) is 0. The van der Waals surface area contributed by atoms with E-state index in [0.29, 0.717) is 5.76 Å². The Labute approximate surface area is 85.6 Å². The Kier molecular flexibility index (Phi) is 2.70. The number of aliphatic hydroxyl groups is 1. The maximum Gasteiger partial charge on any atom is 0.246 e. The maximum absolute atomic E-state index is 10.8. The summed E-state index contributed by atoms with van der Waals surface area (Å²) < 4.78 is 9.98. The molecule has 1 aromatic heterocycles. The van der Waals surface area contributed by atoms with Gasteiger partial charge in [-0.1, -0.05) is 0 Å². The normalized spacial score (nSPS) is 31.4. The fourth-order valence-electron chi connectivity index (χ4n) is 1.78. The molecule has 0 unspecified atom stereocenters. The van der Waals surface area contributed by atoms with Crippen LogP contribution in [0.25, 0.3) is 0 Å². The van der Waals surface area contributed by atoms with E-state index < -0.39 is 18.2 Å². The van der Waals surface area contributed by atoms with E-state index in [9.17, 15) is 15.2 Å². The largest absolute Gasteiger partial charge is 0.469 e. The lowest BCUT2D eigenvalue weighted by atomic mass is 9.92. The molecule has 1 aromatic rings. The number of nitro groups is 1. The van der Waals surface area contributed by atoms with E-state index in [1.165, 1.54) is 6.26 Å². The van der Waals surface area contributed by atoms with Crippen molar-refractivity contribution in [1.29, 1.82) is 0 Å². The third-order valence-electron chi connectivity index (χ3n) is 2.56. The van der Waals surface area contributed by atoms with Gasteiger partial charge in [-0.25, -0.2) is 0 Å². The number of nitrogens with zero attached hydrogens (tertiary/aromatic N) is 1. The summed E-state index contributed by atoms with van der Waals surface area (Å²) in [6, 6.07) is 2.51. The molecule has 15 heavy (non-hydrogen) atoms. The predicted octanol–water partition coefficient (Wildman–Crippen LogP) is 0.747. The van der Waals surface area contributed by atoms with Crippen molar-refractivity contribution in [3.05, 3.63) is 34.3 Å². The molecule has 1 aliphatic heterocycles. The van der Waals surface area contributed by atoms with Crippen LogP contribution >= 0.6 is 0 Å². The summed E-state index contributed by atoms with van der Waals surface area (Å²) in [4.78, 5) is 10.4. The molecular weight excluding hydrogens is 202 g/mol. The molecule has 1 fully saturated rings. The second-order valence-corrected chi connectivity index (χ2v) is 3.50. The summed E-state index contributed by atoms with van der Waals surface area (Å²) >= 11 is 0. The zero-order valence-corrected chi connectivity index (χ0v) is 7.91. The highest BCUT2D eigenvalue weighted by Gasteiger charge is 2.40. The van der Waals surface area contributed by atoms with Crippen LogP contribution in [-0.4, -0.2) is 29.0 Å². The summed E-state index contributed by atoms with van der Waals surface area (Å²) in [6.45, 7) is -0.0838. The molecule has 0 amide bonds. The van der Waals surface area contributed by atoms with E-state index >= 15 is 0 Å². The first-order chi connectivity index (χ1) is 7.18. The minimum Gasteiger partial charge on any atom is -0.469 e. The van der Waals surface area contributed by atoms with Gasteiger partial charge >= 0.3 is 0 Å². The minimum absolute atomic E-state index is 0.0838. The second kappa shape index (κ2) is 4.00. The fraction of sp³-hybridized carbons (Fsp3) is 0.556. The second-order valence-electron chi connectivity index (χ2n) is 3.50. The number of aliphatic hydroxyl groups excluding tert-OH is 1. The standard InChI is InChI=1S/C9H11NO5/c11-9-4-6(8-2-1-3-14-8)7(5-15-9)10(12)13/h1-3,6-7,9,11H,4-5H2/t6-,7-,9-/m1/s1. The van der Waals surface area contributed by atoms with E-state index in [-0.39, 0.29) is 18.0 Å². The van der Waals surface area contributed by atoms with Crippen LogP contribution in [0.5, 0.6) is 0 Å². The van der Waals surface area contributed by atoms with E-state index in [1.54, 1.807) is 12.1 Å². The quantitative estimate of drug-likeness (QED) is 0.578. The topological polar surface area (TPSA) is 85.7 Å². The summed E-state index contributed by atoms with van der Waals surface area (Å²) in [6.07, 6.45) is 0.712. The highest BCUT2D eigenvalue weighted by Crippen LogP contribution is 2.31. The average Bonchev–Trinajstić information content (AvgIpc) is 2.69. The Morgan fingerprint density at radius 2 is 2.40 bits per heavy atom. The molecule has 0 aliphatic carbocycles. The van der Waals surface area contributed by atoms with Crippen LogP contribution in [0.2, 0.25) is 0 Å². The Bertz CT molecular complexity index is 336. The molecule has 6 nitrogen and oxygen atoms in total. The molecule has 1 saturated heterocycles. The van der Waals surface area contributed by atoms with Crippen molar-refractivity contribution in [2.45, 2.75) is 24.7 Å². The molecule has 0 bridgehead atoms. The Morgan fingerprint density at radius 3 is 3.00 bits per heavy atom. The van der Waals surface area contributed by atoms with Gasteiger partial charge in [0.25, 0.3) is 0 Å². The molecule has 0 spiro atoms. The molecule has 0 aromatic carbocycles. The van der Waals surface area contributed by atoms with Crippen molar-refractivity contribution in [3.63, 3.8) is 0 Å². The van der Waals surface area contributed by atoms with E-state index in [4.69, 9.17) is 9.15 Å². The van der Waals surface area contributed by atoms with Crippen molar-refractivity contribution in [3.8, 4) is 0 Å². The summed E-state index contributed by atoms with van der Waals surface area (Å²) in [7, 11) is 0. The van der Waals surface area contributed by atoms with Gasteiger partial charge < -0.3 is 14.3 Å². The van der Waals surface area contributed by atoms with Crippen LogP contribution in [0.3, 0.4) is 0 Å².